The molecule has 1 aromatic carbocycles. The number of fused-ring (bicyclic) bond motifs is 3. The molecule has 1 atom stereocenters. The number of aryl methyl sites for hydroxylation is 1. The lowest BCUT2D eigenvalue weighted by Gasteiger charge is -2.56. The van der Waals surface area contributed by atoms with Crippen LogP contribution in [0.15, 0.2) is 23.6 Å². The number of nitrogens with zero attached hydrogens (tertiary/aromatic N) is 1. The zero-order valence-electron chi connectivity index (χ0n) is 16.9. The molecule has 0 aliphatic heterocycles. The van der Waals surface area contributed by atoms with E-state index in [0.717, 1.165) is 5.01 Å². The summed E-state index contributed by atoms with van der Waals surface area (Å²) in [6, 6.07) is 4.78. The van der Waals surface area contributed by atoms with Crippen molar-refractivity contribution in [2.75, 3.05) is 6.61 Å². The van der Waals surface area contributed by atoms with Gasteiger partial charge in [0.25, 0.3) is 11.8 Å². The number of thiazole rings is 1. The van der Waals surface area contributed by atoms with Gasteiger partial charge in [0.2, 0.25) is 0 Å². The van der Waals surface area contributed by atoms with Crippen LogP contribution in [0.1, 0.15) is 47.6 Å². The summed E-state index contributed by atoms with van der Waals surface area (Å²) in [4.78, 5) is 29.3. The monoisotopic (exact) mass is 483 g/mol. The van der Waals surface area contributed by atoms with Crippen LogP contribution >= 0.6 is 34.5 Å². The maximum atomic E-state index is 12.6. The Morgan fingerprint density at radius 3 is 2.58 bits per heavy atom. The van der Waals surface area contributed by atoms with E-state index in [1.165, 1.54) is 11.3 Å². The number of aromatic nitrogens is 1. The van der Waals surface area contributed by atoms with Crippen LogP contribution in [0.5, 0.6) is 5.75 Å². The molecule has 2 aromatic rings. The maximum absolute atomic E-state index is 12.6. The van der Waals surface area contributed by atoms with Gasteiger partial charge in [0.1, 0.15) is 11.4 Å². The molecule has 3 saturated carbocycles. The lowest BCUT2D eigenvalue weighted by Crippen LogP contribution is -2.70. The summed E-state index contributed by atoms with van der Waals surface area (Å²) in [6.07, 6.45) is 2.11. The molecule has 0 saturated heterocycles. The second kappa shape index (κ2) is 8.58. The zero-order chi connectivity index (χ0) is 22.2. The van der Waals surface area contributed by atoms with Crippen molar-refractivity contribution in [2.45, 2.75) is 56.2 Å². The largest absolute Gasteiger partial charge is 0.484 e. The van der Waals surface area contributed by atoms with E-state index in [0.29, 0.717) is 53.6 Å². The fraction of sp³-hybridized carbons (Fsp3) is 0.476. The van der Waals surface area contributed by atoms with E-state index in [2.05, 4.69) is 15.6 Å². The highest BCUT2D eigenvalue weighted by Gasteiger charge is 2.55. The van der Waals surface area contributed by atoms with Gasteiger partial charge in [0.15, 0.2) is 6.61 Å². The van der Waals surface area contributed by atoms with E-state index in [1.807, 2.05) is 6.92 Å². The average molecular weight is 484 g/mol. The van der Waals surface area contributed by atoms with E-state index < -0.39 is 17.2 Å². The van der Waals surface area contributed by atoms with Gasteiger partial charge in [0, 0.05) is 17.0 Å². The highest BCUT2D eigenvalue weighted by atomic mass is 35.5. The molecule has 10 heteroatoms. The SMILES string of the molecule is Cc1nc(C(=O)NC23CCC(NC(=O)COc4ccc(Cl)c(Cl)c4)(CC2)C(O)C3)cs1. The predicted octanol–water partition coefficient (Wildman–Crippen LogP) is 3.50. The number of halogens is 2. The molecule has 1 unspecified atom stereocenters. The minimum atomic E-state index is -0.763. The Balaban J connectivity index is 1.34. The fourth-order valence-electron chi connectivity index (χ4n) is 4.46. The second-order valence-corrected chi connectivity index (χ2v) is 10.2. The number of hydrogen-bond donors (Lipinski definition) is 3. The van der Waals surface area contributed by atoms with E-state index in [-0.39, 0.29) is 18.4 Å². The van der Waals surface area contributed by atoms with Gasteiger partial charge in [-0.05, 0) is 51.2 Å². The summed E-state index contributed by atoms with van der Waals surface area (Å²) in [6.45, 7) is 1.66. The number of aliphatic hydroxyl groups is 1. The fourth-order valence-corrected chi connectivity index (χ4v) is 5.34. The number of aliphatic hydroxyl groups excluding tert-OH is 1. The standard InChI is InChI=1S/C21H23Cl2N3O4S/c1-12-24-16(11-31-12)19(29)26-20-4-6-21(7-5-20,17(27)9-20)25-18(28)10-30-13-2-3-14(22)15(23)8-13/h2-3,8,11,17,27H,4-7,9-10H2,1H3,(H,25,28)(H,26,29). The Morgan fingerprint density at radius 1 is 1.23 bits per heavy atom. The van der Waals surface area contributed by atoms with Crippen molar-refractivity contribution >= 4 is 46.4 Å². The topological polar surface area (TPSA) is 101 Å². The molecule has 31 heavy (non-hydrogen) atoms. The van der Waals surface area contributed by atoms with Crippen molar-refractivity contribution in [3.63, 3.8) is 0 Å². The van der Waals surface area contributed by atoms with Crippen LogP contribution in [0, 0.1) is 6.92 Å². The minimum Gasteiger partial charge on any atom is -0.484 e. The van der Waals surface area contributed by atoms with Crippen LogP contribution in [0.2, 0.25) is 10.0 Å². The number of nitrogens with one attached hydrogen (secondary N) is 2. The first-order chi connectivity index (χ1) is 14.7. The number of hydrogen-bond acceptors (Lipinski definition) is 6. The van der Waals surface area contributed by atoms with Gasteiger partial charge in [-0.1, -0.05) is 23.2 Å². The first kappa shape index (κ1) is 22.3. The highest BCUT2D eigenvalue weighted by molar-refractivity contribution is 7.09. The van der Waals surface area contributed by atoms with Crippen LogP contribution in [0.3, 0.4) is 0 Å². The summed E-state index contributed by atoms with van der Waals surface area (Å²) in [5, 5.41) is 20.2. The van der Waals surface area contributed by atoms with Crippen LogP contribution in [-0.2, 0) is 4.79 Å². The summed E-state index contributed by atoms with van der Waals surface area (Å²) < 4.78 is 5.51. The number of ether oxygens (including phenoxy) is 1. The smallest absolute Gasteiger partial charge is 0.271 e. The normalized spacial score (nSPS) is 27.0. The molecule has 3 fully saturated rings. The molecule has 3 aliphatic rings. The third kappa shape index (κ3) is 4.67. The number of rotatable bonds is 6. The first-order valence-corrected chi connectivity index (χ1v) is 11.7. The molecule has 166 valence electrons. The Labute approximate surface area is 194 Å². The second-order valence-electron chi connectivity index (χ2n) is 8.28. The third-order valence-corrected chi connectivity index (χ3v) is 7.71. The number of carbonyl (C=O) groups is 2. The van der Waals surface area contributed by atoms with E-state index in [1.54, 1.807) is 23.6 Å². The quantitative estimate of drug-likeness (QED) is 0.583. The van der Waals surface area contributed by atoms with Crippen molar-refractivity contribution in [1.29, 1.82) is 0 Å². The summed E-state index contributed by atoms with van der Waals surface area (Å²) >= 11 is 13.3. The Hall–Kier alpha value is -1.87. The zero-order valence-corrected chi connectivity index (χ0v) is 19.2. The van der Waals surface area contributed by atoms with E-state index >= 15 is 0 Å². The number of amides is 2. The van der Waals surface area contributed by atoms with Crippen LogP contribution in [0.25, 0.3) is 0 Å². The molecule has 0 spiro atoms. The molecule has 3 N–H and O–H groups in total. The molecule has 3 aliphatic carbocycles. The Kier molecular flexibility index (Phi) is 6.18. The van der Waals surface area contributed by atoms with Crippen molar-refractivity contribution < 1.29 is 19.4 Å². The van der Waals surface area contributed by atoms with Crippen LogP contribution in [0.4, 0.5) is 0 Å². The van der Waals surface area contributed by atoms with E-state index in [9.17, 15) is 14.7 Å². The summed E-state index contributed by atoms with van der Waals surface area (Å²) in [5.41, 5.74) is -0.778. The van der Waals surface area contributed by atoms with Gasteiger partial charge < -0.3 is 20.5 Å². The predicted molar refractivity (Wildman–Crippen MR) is 119 cm³/mol. The molecular formula is C21H23Cl2N3O4S. The number of carbonyl (C=O) groups excluding carboxylic acids is 2. The Morgan fingerprint density at radius 2 is 1.97 bits per heavy atom. The molecular weight excluding hydrogens is 461 g/mol. The lowest BCUT2D eigenvalue weighted by molar-refractivity contribution is -0.132. The van der Waals surface area contributed by atoms with Gasteiger partial charge >= 0.3 is 0 Å². The highest BCUT2D eigenvalue weighted by Crippen LogP contribution is 2.47. The van der Waals surface area contributed by atoms with Crippen molar-refractivity contribution in [2.24, 2.45) is 0 Å². The number of benzene rings is 1. The first-order valence-electron chi connectivity index (χ1n) is 10.0. The van der Waals surface area contributed by atoms with Gasteiger partial charge in [-0.15, -0.1) is 11.3 Å². The molecule has 2 amide bonds. The third-order valence-electron chi connectivity index (χ3n) is 6.20. The molecule has 7 nitrogen and oxygen atoms in total. The van der Waals surface area contributed by atoms with Crippen molar-refractivity contribution in [3.8, 4) is 5.75 Å². The lowest BCUT2D eigenvalue weighted by atomic mass is 9.60. The van der Waals surface area contributed by atoms with Crippen LogP contribution in [-0.4, -0.2) is 45.7 Å². The molecule has 5 rings (SSSR count). The molecule has 2 bridgehead atoms. The Bertz CT molecular complexity index is 1000. The molecule has 0 radical (unpaired) electrons. The van der Waals surface area contributed by atoms with Crippen LogP contribution < -0.4 is 15.4 Å². The average Bonchev–Trinajstić information content (AvgIpc) is 3.17. The van der Waals surface area contributed by atoms with Gasteiger partial charge in [-0.2, -0.15) is 0 Å². The van der Waals surface area contributed by atoms with Gasteiger partial charge in [-0.3, -0.25) is 9.59 Å². The van der Waals surface area contributed by atoms with Crippen molar-refractivity contribution in [3.05, 3.63) is 44.3 Å². The summed E-state index contributed by atoms with van der Waals surface area (Å²) in [7, 11) is 0. The maximum Gasteiger partial charge on any atom is 0.271 e. The molecule has 1 aromatic heterocycles. The summed E-state index contributed by atoms with van der Waals surface area (Å²) in [5.74, 6) is -0.0968. The van der Waals surface area contributed by atoms with Crippen molar-refractivity contribution in [1.82, 2.24) is 15.6 Å². The minimum absolute atomic E-state index is 0.197. The molecule has 1 heterocycles. The van der Waals surface area contributed by atoms with E-state index in [4.69, 9.17) is 27.9 Å². The van der Waals surface area contributed by atoms with Gasteiger partial charge in [-0.25, -0.2) is 4.98 Å². The van der Waals surface area contributed by atoms with Gasteiger partial charge in [0.05, 0.1) is 26.7 Å².